The summed E-state index contributed by atoms with van der Waals surface area (Å²) in [6.45, 7) is 1.93. The van der Waals surface area contributed by atoms with Gasteiger partial charge in [0, 0.05) is 43.9 Å². The van der Waals surface area contributed by atoms with E-state index in [-0.39, 0.29) is 12.0 Å². The van der Waals surface area contributed by atoms with Crippen LogP contribution < -0.4 is 5.32 Å². The molecular formula is C13H16F4N2. The number of halogens is 4. The smallest absolute Gasteiger partial charge is 0.163 e. The second-order valence-corrected chi connectivity index (χ2v) is 4.57. The second kappa shape index (κ2) is 6.34. The van der Waals surface area contributed by atoms with E-state index in [1.807, 2.05) is 4.90 Å². The zero-order valence-corrected chi connectivity index (χ0v) is 10.4. The van der Waals surface area contributed by atoms with E-state index in [0.29, 0.717) is 32.2 Å². The molecule has 106 valence electrons. The maximum absolute atomic E-state index is 13.8. The van der Waals surface area contributed by atoms with Crippen LogP contribution in [0.1, 0.15) is 18.0 Å². The van der Waals surface area contributed by atoms with Gasteiger partial charge in [0.1, 0.15) is 5.82 Å². The first-order valence-electron chi connectivity index (χ1n) is 6.28. The van der Waals surface area contributed by atoms with Gasteiger partial charge in [-0.15, -0.1) is 0 Å². The van der Waals surface area contributed by atoms with E-state index in [0.717, 1.165) is 6.07 Å². The van der Waals surface area contributed by atoms with Crippen molar-refractivity contribution in [3.05, 3.63) is 35.1 Å². The van der Waals surface area contributed by atoms with Crippen LogP contribution in [0.5, 0.6) is 0 Å². The SMILES string of the molecule is FCC[C@H](c1cc(F)cc(F)c1F)N1CCNCC1. The fourth-order valence-corrected chi connectivity index (χ4v) is 2.45. The number of alkyl halides is 1. The normalized spacial score (nSPS) is 18.5. The molecule has 0 bridgehead atoms. The Kier molecular flexibility index (Phi) is 4.76. The van der Waals surface area contributed by atoms with Gasteiger partial charge in [-0.3, -0.25) is 9.29 Å². The summed E-state index contributed by atoms with van der Waals surface area (Å²) in [5.74, 6) is -3.15. The van der Waals surface area contributed by atoms with Gasteiger partial charge in [-0.25, -0.2) is 13.2 Å². The number of nitrogens with zero attached hydrogens (tertiary/aromatic N) is 1. The third-order valence-electron chi connectivity index (χ3n) is 3.36. The number of nitrogens with one attached hydrogen (secondary N) is 1. The van der Waals surface area contributed by atoms with E-state index < -0.39 is 30.2 Å². The van der Waals surface area contributed by atoms with E-state index in [4.69, 9.17) is 0 Å². The monoisotopic (exact) mass is 276 g/mol. The molecule has 2 rings (SSSR count). The molecule has 0 radical (unpaired) electrons. The first kappa shape index (κ1) is 14.3. The average molecular weight is 276 g/mol. The quantitative estimate of drug-likeness (QED) is 0.671. The minimum absolute atomic E-state index is 0.0276. The topological polar surface area (TPSA) is 15.3 Å². The maximum Gasteiger partial charge on any atom is 0.163 e. The van der Waals surface area contributed by atoms with Gasteiger partial charge in [0.05, 0.1) is 6.67 Å². The van der Waals surface area contributed by atoms with Crippen LogP contribution >= 0.6 is 0 Å². The Balaban J connectivity index is 2.32. The van der Waals surface area contributed by atoms with E-state index in [2.05, 4.69) is 5.32 Å². The Hall–Kier alpha value is -1.14. The highest BCUT2D eigenvalue weighted by atomic mass is 19.2. The molecule has 0 unspecified atom stereocenters. The van der Waals surface area contributed by atoms with Gasteiger partial charge in [-0.05, 0) is 12.5 Å². The zero-order valence-electron chi connectivity index (χ0n) is 10.4. The van der Waals surface area contributed by atoms with Crippen molar-refractivity contribution in [2.24, 2.45) is 0 Å². The summed E-state index contributed by atoms with van der Waals surface area (Å²) >= 11 is 0. The third kappa shape index (κ3) is 3.25. The largest absolute Gasteiger partial charge is 0.314 e. The lowest BCUT2D eigenvalue weighted by molar-refractivity contribution is 0.153. The molecule has 1 atom stereocenters. The Labute approximate surface area is 109 Å². The van der Waals surface area contributed by atoms with Gasteiger partial charge in [-0.1, -0.05) is 0 Å². The molecule has 1 fully saturated rings. The summed E-state index contributed by atoms with van der Waals surface area (Å²) in [4.78, 5) is 1.85. The van der Waals surface area contributed by atoms with E-state index in [9.17, 15) is 17.6 Å². The van der Waals surface area contributed by atoms with Crippen LogP contribution in [0.25, 0.3) is 0 Å². The molecule has 1 aromatic carbocycles. The number of piperazine rings is 1. The van der Waals surface area contributed by atoms with Crippen molar-refractivity contribution < 1.29 is 17.6 Å². The Morgan fingerprint density at radius 1 is 1.16 bits per heavy atom. The molecule has 0 spiro atoms. The molecular weight excluding hydrogens is 260 g/mol. The summed E-state index contributed by atoms with van der Waals surface area (Å²) in [7, 11) is 0. The van der Waals surface area contributed by atoms with Gasteiger partial charge < -0.3 is 5.32 Å². The molecule has 0 aliphatic carbocycles. The van der Waals surface area contributed by atoms with Gasteiger partial charge in [0.25, 0.3) is 0 Å². The predicted octanol–water partition coefficient (Wildman–Crippen LogP) is 2.41. The van der Waals surface area contributed by atoms with Crippen LogP contribution in [-0.2, 0) is 0 Å². The van der Waals surface area contributed by atoms with Crippen molar-refractivity contribution in [1.82, 2.24) is 10.2 Å². The number of rotatable bonds is 4. The number of hydrogen-bond donors (Lipinski definition) is 1. The molecule has 1 aromatic rings. The molecule has 19 heavy (non-hydrogen) atoms. The third-order valence-corrected chi connectivity index (χ3v) is 3.36. The molecule has 0 aromatic heterocycles. The van der Waals surface area contributed by atoms with Crippen LogP contribution in [-0.4, -0.2) is 37.8 Å². The summed E-state index contributed by atoms with van der Waals surface area (Å²) in [5.41, 5.74) is -0.1000. The molecule has 6 heteroatoms. The van der Waals surface area contributed by atoms with E-state index in [1.54, 1.807) is 0 Å². The summed E-state index contributed by atoms with van der Waals surface area (Å²) in [6, 6.07) is 0.835. The molecule has 1 saturated heterocycles. The summed E-state index contributed by atoms with van der Waals surface area (Å²) < 4.78 is 53.0. The first-order chi connectivity index (χ1) is 9.13. The average Bonchev–Trinajstić information content (AvgIpc) is 2.41. The van der Waals surface area contributed by atoms with Gasteiger partial charge in [0.15, 0.2) is 11.6 Å². The van der Waals surface area contributed by atoms with Crippen molar-refractivity contribution in [1.29, 1.82) is 0 Å². The lowest BCUT2D eigenvalue weighted by Crippen LogP contribution is -2.45. The van der Waals surface area contributed by atoms with Crippen LogP contribution in [0, 0.1) is 17.5 Å². The van der Waals surface area contributed by atoms with Crippen LogP contribution in [0.4, 0.5) is 17.6 Å². The predicted molar refractivity (Wildman–Crippen MR) is 64.1 cm³/mol. The maximum atomic E-state index is 13.8. The molecule has 1 N–H and O–H groups in total. The molecule has 0 amide bonds. The van der Waals surface area contributed by atoms with E-state index >= 15 is 0 Å². The lowest BCUT2D eigenvalue weighted by atomic mass is 10.0. The lowest BCUT2D eigenvalue weighted by Gasteiger charge is -2.35. The summed E-state index contributed by atoms with van der Waals surface area (Å²) in [6.07, 6.45) is 0.0276. The minimum atomic E-state index is -1.23. The number of benzene rings is 1. The van der Waals surface area contributed by atoms with Crippen molar-refractivity contribution in [3.8, 4) is 0 Å². The van der Waals surface area contributed by atoms with Gasteiger partial charge >= 0.3 is 0 Å². The Morgan fingerprint density at radius 2 is 1.84 bits per heavy atom. The fourth-order valence-electron chi connectivity index (χ4n) is 2.45. The standard InChI is InChI=1S/C13H16F4N2/c14-2-1-12(19-5-3-18-4-6-19)10-7-9(15)8-11(16)13(10)17/h7-8,12,18H,1-6H2/t12-/m1/s1. The molecule has 1 aliphatic heterocycles. The van der Waals surface area contributed by atoms with Crippen LogP contribution in [0.3, 0.4) is 0 Å². The van der Waals surface area contributed by atoms with Crippen LogP contribution in [0.15, 0.2) is 12.1 Å². The second-order valence-electron chi connectivity index (χ2n) is 4.57. The fraction of sp³-hybridized carbons (Fsp3) is 0.538. The van der Waals surface area contributed by atoms with Crippen molar-refractivity contribution in [2.75, 3.05) is 32.9 Å². The highest BCUT2D eigenvalue weighted by molar-refractivity contribution is 5.24. The van der Waals surface area contributed by atoms with Crippen molar-refractivity contribution >= 4 is 0 Å². The highest BCUT2D eigenvalue weighted by Crippen LogP contribution is 2.29. The Morgan fingerprint density at radius 3 is 2.47 bits per heavy atom. The minimum Gasteiger partial charge on any atom is -0.314 e. The molecule has 0 saturated carbocycles. The Bertz CT molecular complexity index is 433. The van der Waals surface area contributed by atoms with Gasteiger partial charge in [-0.2, -0.15) is 0 Å². The molecule has 2 nitrogen and oxygen atoms in total. The van der Waals surface area contributed by atoms with Crippen LogP contribution in [0.2, 0.25) is 0 Å². The molecule has 1 aliphatic rings. The number of hydrogen-bond acceptors (Lipinski definition) is 2. The summed E-state index contributed by atoms with van der Waals surface area (Å²) in [5, 5.41) is 3.12. The highest BCUT2D eigenvalue weighted by Gasteiger charge is 2.26. The van der Waals surface area contributed by atoms with Crippen molar-refractivity contribution in [3.63, 3.8) is 0 Å². The van der Waals surface area contributed by atoms with E-state index in [1.165, 1.54) is 0 Å². The first-order valence-corrected chi connectivity index (χ1v) is 6.28. The zero-order chi connectivity index (χ0) is 13.8. The molecule has 1 heterocycles. The van der Waals surface area contributed by atoms with Gasteiger partial charge in [0.2, 0.25) is 0 Å². The van der Waals surface area contributed by atoms with Crippen molar-refractivity contribution in [2.45, 2.75) is 12.5 Å².